The predicted molar refractivity (Wildman–Crippen MR) is 67.6 cm³/mol. The van der Waals surface area contributed by atoms with E-state index in [-0.39, 0.29) is 19.1 Å². The Labute approximate surface area is 106 Å². The fourth-order valence-electron chi connectivity index (χ4n) is 1.40. The molecule has 0 fully saturated rings. The van der Waals surface area contributed by atoms with Gasteiger partial charge in [0.15, 0.2) is 0 Å². The van der Waals surface area contributed by atoms with Crippen molar-refractivity contribution in [3.8, 4) is 5.75 Å². The lowest BCUT2D eigenvalue weighted by molar-refractivity contribution is 0.0836. The van der Waals surface area contributed by atoms with Gasteiger partial charge in [-0.05, 0) is 18.2 Å². The second-order valence-electron chi connectivity index (χ2n) is 3.55. The van der Waals surface area contributed by atoms with Crippen LogP contribution < -0.4 is 15.8 Å². The van der Waals surface area contributed by atoms with Gasteiger partial charge in [-0.2, -0.15) is 0 Å². The van der Waals surface area contributed by atoms with Gasteiger partial charge in [0.05, 0.1) is 32.5 Å². The second kappa shape index (κ2) is 7.52. The number of aliphatic hydroxyl groups is 1. The molecule has 0 saturated carbocycles. The maximum absolute atomic E-state index is 11.9. The number of methoxy groups -OCH3 is 1. The standard InChI is InChI=1S/C12H18N2O4/c1-17-11-3-2-9(13)8-10(11)12(16)14-4-6-18-7-5-15/h2-3,8,15H,4-7,13H2,1H3,(H,14,16). The van der Waals surface area contributed by atoms with Crippen LogP contribution in [0.5, 0.6) is 5.75 Å². The Morgan fingerprint density at radius 3 is 2.89 bits per heavy atom. The molecule has 0 saturated heterocycles. The highest BCUT2D eigenvalue weighted by atomic mass is 16.5. The van der Waals surface area contributed by atoms with Crippen molar-refractivity contribution < 1.29 is 19.4 Å². The van der Waals surface area contributed by atoms with Crippen LogP contribution >= 0.6 is 0 Å². The molecule has 0 aromatic heterocycles. The fraction of sp³-hybridized carbons (Fsp3) is 0.417. The minimum atomic E-state index is -0.272. The Hall–Kier alpha value is -1.79. The lowest BCUT2D eigenvalue weighted by atomic mass is 10.1. The van der Waals surface area contributed by atoms with Gasteiger partial charge in [-0.1, -0.05) is 0 Å². The summed E-state index contributed by atoms with van der Waals surface area (Å²) in [6, 6.07) is 4.87. The highest BCUT2D eigenvalue weighted by Crippen LogP contribution is 2.20. The van der Waals surface area contributed by atoms with E-state index in [1.807, 2.05) is 0 Å². The number of ether oxygens (including phenoxy) is 2. The molecule has 0 aliphatic rings. The van der Waals surface area contributed by atoms with Crippen molar-refractivity contribution in [2.24, 2.45) is 0 Å². The zero-order chi connectivity index (χ0) is 13.4. The highest BCUT2D eigenvalue weighted by Gasteiger charge is 2.11. The van der Waals surface area contributed by atoms with Gasteiger partial charge >= 0.3 is 0 Å². The summed E-state index contributed by atoms with van der Waals surface area (Å²) in [5.74, 6) is 0.199. The largest absolute Gasteiger partial charge is 0.496 e. The zero-order valence-corrected chi connectivity index (χ0v) is 10.3. The van der Waals surface area contributed by atoms with Crippen molar-refractivity contribution in [2.75, 3.05) is 39.2 Å². The molecule has 6 nitrogen and oxygen atoms in total. The number of amides is 1. The third-order valence-electron chi connectivity index (χ3n) is 2.24. The molecule has 1 aromatic rings. The van der Waals surface area contributed by atoms with Crippen molar-refractivity contribution in [3.63, 3.8) is 0 Å². The first-order valence-electron chi connectivity index (χ1n) is 5.59. The maximum atomic E-state index is 11.9. The van der Waals surface area contributed by atoms with Gasteiger partial charge in [0, 0.05) is 12.2 Å². The molecule has 0 bridgehead atoms. The number of aliphatic hydroxyl groups excluding tert-OH is 1. The fourth-order valence-corrected chi connectivity index (χ4v) is 1.40. The van der Waals surface area contributed by atoms with Crippen LogP contribution in [0.4, 0.5) is 5.69 Å². The van der Waals surface area contributed by atoms with Crippen molar-refractivity contribution in [3.05, 3.63) is 23.8 Å². The molecule has 0 spiro atoms. The topological polar surface area (TPSA) is 93.8 Å². The molecule has 4 N–H and O–H groups in total. The van der Waals surface area contributed by atoms with Crippen LogP contribution in [-0.2, 0) is 4.74 Å². The monoisotopic (exact) mass is 254 g/mol. The first-order chi connectivity index (χ1) is 8.69. The number of benzene rings is 1. The smallest absolute Gasteiger partial charge is 0.255 e. The minimum Gasteiger partial charge on any atom is -0.496 e. The third-order valence-corrected chi connectivity index (χ3v) is 2.24. The maximum Gasteiger partial charge on any atom is 0.255 e. The van der Waals surface area contributed by atoms with Gasteiger partial charge in [-0.3, -0.25) is 4.79 Å². The SMILES string of the molecule is COc1ccc(N)cc1C(=O)NCCOCCO. The summed E-state index contributed by atoms with van der Waals surface area (Å²) in [6.07, 6.45) is 0. The second-order valence-corrected chi connectivity index (χ2v) is 3.55. The van der Waals surface area contributed by atoms with E-state index in [0.717, 1.165) is 0 Å². The average molecular weight is 254 g/mol. The lowest BCUT2D eigenvalue weighted by Gasteiger charge is -2.10. The van der Waals surface area contributed by atoms with Crippen LogP contribution in [0.3, 0.4) is 0 Å². The number of rotatable bonds is 7. The van der Waals surface area contributed by atoms with Crippen molar-refractivity contribution in [2.45, 2.75) is 0 Å². The highest BCUT2D eigenvalue weighted by molar-refractivity contribution is 5.97. The zero-order valence-electron chi connectivity index (χ0n) is 10.3. The number of carbonyl (C=O) groups excluding carboxylic acids is 1. The summed E-state index contributed by atoms with van der Waals surface area (Å²) in [5, 5.41) is 11.2. The summed E-state index contributed by atoms with van der Waals surface area (Å²) in [5.41, 5.74) is 6.51. The molecule has 100 valence electrons. The molecule has 1 aromatic carbocycles. The quantitative estimate of drug-likeness (QED) is 0.471. The number of hydrogen-bond donors (Lipinski definition) is 3. The molecule has 0 unspecified atom stereocenters. The number of nitrogens with two attached hydrogens (primary N) is 1. The Kier molecular flexibility index (Phi) is 5.96. The number of hydrogen-bond acceptors (Lipinski definition) is 5. The van der Waals surface area contributed by atoms with E-state index in [1.165, 1.54) is 7.11 Å². The van der Waals surface area contributed by atoms with Gasteiger partial charge in [0.2, 0.25) is 0 Å². The van der Waals surface area contributed by atoms with Gasteiger partial charge < -0.3 is 25.6 Å². The summed E-state index contributed by atoms with van der Waals surface area (Å²) in [6.45, 7) is 0.933. The molecule has 0 radical (unpaired) electrons. The van der Waals surface area contributed by atoms with Crippen molar-refractivity contribution in [1.82, 2.24) is 5.32 Å². The molecule has 0 heterocycles. The van der Waals surface area contributed by atoms with E-state index in [2.05, 4.69) is 5.32 Å². The average Bonchev–Trinajstić information content (AvgIpc) is 2.38. The number of anilines is 1. The number of carbonyl (C=O) groups is 1. The molecule has 0 aliphatic carbocycles. The lowest BCUT2D eigenvalue weighted by Crippen LogP contribution is -2.28. The predicted octanol–water partition coefficient (Wildman–Crippen LogP) is 0.0161. The Morgan fingerprint density at radius 1 is 1.44 bits per heavy atom. The van der Waals surface area contributed by atoms with Crippen LogP contribution in [0.15, 0.2) is 18.2 Å². The van der Waals surface area contributed by atoms with Gasteiger partial charge in [0.25, 0.3) is 5.91 Å². The summed E-state index contributed by atoms with van der Waals surface area (Å²) >= 11 is 0. The Balaban J connectivity index is 2.52. The normalized spacial score (nSPS) is 10.1. The van der Waals surface area contributed by atoms with Crippen LogP contribution in [-0.4, -0.2) is 44.5 Å². The molecule has 1 rings (SSSR count). The van der Waals surface area contributed by atoms with Crippen molar-refractivity contribution >= 4 is 11.6 Å². The van der Waals surface area contributed by atoms with Gasteiger partial charge in [-0.15, -0.1) is 0 Å². The summed E-state index contributed by atoms with van der Waals surface area (Å²) in [4.78, 5) is 11.9. The van der Waals surface area contributed by atoms with E-state index < -0.39 is 0 Å². The molecule has 0 aliphatic heterocycles. The summed E-state index contributed by atoms with van der Waals surface area (Å²) in [7, 11) is 1.49. The molecule has 6 heteroatoms. The molecule has 18 heavy (non-hydrogen) atoms. The molecule has 0 atom stereocenters. The number of nitrogen functional groups attached to an aromatic ring is 1. The van der Waals surface area contributed by atoms with Crippen LogP contribution in [0.2, 0.25) is 0 Å². The minimum absolute atomic E-state index is 0.0308. The Bertz CT molecular complexity index is 396. The van der Waals surface area contributed by atoms with E-state index >= 15 is 0 Å². The van der Waals surface area contributed by atoms with Crippen molar-refractivity contribution in [1.29, 1.82) is 0 Å². The first-order valence-corrected chi connectivity index (χ1v) is 5.59. The molecular formula is C12H18N2O4. The van der Waals surface area contributed by atoms with Crippen LogP contribution in [0.25, 0.3) is 0 Å². The molecule has 1 amide bonds. The van der Waals surface area contributed by atoms with Crippen LogP contribution in [0.1, 0.15) is 10.4 Å². The van der Waals surface area contributed by atoms with E-state index in [1.54, 1.807) is 18.2 Å². The van der Waals surface area contributed by atoms with E-state index in [0.29, 0.717) is 30.2 Å². The Morgan fingerprint density at radius 2 is 2.22 bits per heavy atom. The first kappa shape index (κ1) is 14.3. The van der Waals surface area contributed by atoms with Gasteiger partial charge in [0.1, 0.15) is 5.75 Å². The number of nitrogens with one attached hydrogen (secondary N) is 1. The van der Waals surface area contributed by atoms with E-state index in [4.69, 9.17) is 20.3 Å². The summed E-state index contributed by atoms with van der Waals surface area (Å²) < 4.78 is 10.1. The molecular weight excluding hydrogens is 236 g/mol. The van der Waals surface area contributed by atoms with Crippen LogP contribution in [0, 0.1) is 0 Å². The van der Waals surface area contributed by atoms with Gasteiger partial charge in [-0.25, -0.2) is 0 Å². The van der Waals surface area contributed by atoms with E-state index in [9.17, 15) is 4.79 Å². The third kappa shape index (κ3) is 4.23.